The van der Waals surface area contributed by atoms with E-state index in [1.807, 2.05) is 0 Å². The highest BCUT2D eigenvalue weighted by Crippen LogP contribution is 2.29. The number of aryl methyl sites for hydroxylation is 1. The van der Waals surface area contributed by atoms with E-state index in [9.17, 15) is 13.2 Å². The monoisotopic (exact) mass is 394 g/mol. The molecule has 0 aliphatic rings. The normalized spacial score (nSPS) is 11.0. The van der Waals surface area contributed by atoms with Crippen LogP contribution >= 0.6 is 0 Å². The Morgan fingerprint density at radius 2 is 1.59 bits per heavy atom. The molecule has 0 aromatic heterocycles. The van der Waals surface area contributed by atoms with Gasteiger partial charge in [0.15, 0.2) is 0 Å². The summed E-state index contributed by atoms with van der Waals surface area (Å²) >= 11 is 0. The summed E-state index contributed by atoms with van der Waals surface area (Å²) in [6, 6.07) is 9.46. The smallest absolute Gasteiger partial charge is 0.241 e. The lowest BCUT2D eigenvalue weighted by Crippen LogP contribution is -2.33. The second-order valence-electron chi connectivity index (χ2n) is 5.57. The van der Waals surface area contributed by atoms with Crippen molar-refractivity contribution in [3.8, 4) is 17.2 Å². The zero-order valence-corrected chi connectivity index (χ0v) is 16.3. The molecule has 0 unspecified atom stereocenters. The van der Waals surface area contributed by atoms with Crippen molar-refractivity contribution in [2.24, 2.45) is 0 Å². The molecule has 0 saturated heterocycles. The van der Waals surface area contributed by atoms with Gasteiger partial charge in [-0.05, 0) is 42.8 Å². The Morgan fingerprint density at radius 1 is 0.963 bits per heavy atom. The average Bonchev–Trinajstić information content (AvgIpc) is 2.66. The van der Waals surface area contributed by atoms with Crippen LogP contribution in [0.3, 0.4) is 0 Å². The number of rotatable bonds is 8. The zero-order chi connectivity index (χ0) is 20.0. The number of sulfonamides is 1. The molecular weight excluding hydrogens is 372 g/mol. The van der Waals surface area contributed by atoms with Gasteiger partial charge < -0.3 is 19.5 Å². The number of amides is 1. The van der Waals surface area contributed by atoms with Gasteiger partial charge in [-0.1, -0.05) is 0 Å². The maximum atomic E-state index is 12.4. The minimum Gasteiger partial charge on any atom is -0.497 e. The predicted octanol–water partition coefficient (Wildman–Crippen LogP) is 1.94. The van der Waals surface area contributed by atoms with Gasteiger partial charge in [-0.3, -0.25) is 4.79 Å². The number of nitrogens with one attached hydrogen (secondary N) is 2. The Bertz CT molecular complexity index is 927. The van der Waals surface area contributed by atoms with Crippen molar-refractivity contribution in [2.75, 3.05) is 33.2 Å². The quantitative estimate of drug-likeness (QED) is 0.709. The lowest BCUT2D eigenvalue weighted by atomic mass is 10.2. The molecule has 0 heterocycles. The first-order valence-corrected chi connectivity index (χ1v) is 9.45. The summed E-state index contributed by atoms with van der Waals surface area (Å²) in [5, 5.41) is 2.60. The van der Waals surface area contributed by atoms with Gasteiger partial charge in [0.05, 0.1) is 38.5 Å². The van der Waals surface area contributed by atoms with Gasteiger partial charge in [-0.25, -0.2) is 13.1 Å². The van der Waals surface area contributed by atoms with Crippen molar-refractivity contribution in [2.45, 2.75) is 11.8 Å². The van der Waals surface area contributed by atoms with E-state index in [1.54, 1.807) is 37.3 Å². The van der Waals surface area contributed by atoms with Gasteiger partial charge in [0.1, 0.15) is 17.2 Å². The molecule has 146 valence electrons. The molecule has 0 fully saturated rings. The molecule has 2 aromatic carbocycles. The minimum absolute atomic E-state index is 0.0816. The topological polar surface area (TPSA) is 103 Å². The third kappa shape index (κ3) is 5.11. The standard InChI is InChI=1S/C18H22N2O6S/c1-12-9-13(24-2)6-8-17(12)27(22,23)19-11-18(21)20-15-7-5-14(25-3)10-16(15)26-4/h5-10,19H,11H2,1-4H3,(H,20,21). The van der Waals surface area contributed by atoms with E-state index < -0.39 is 22.5 Å². The van der Waals surface area contributed by atoms with E-state index in [0.29, 0.717) is 28.5 Å². The molecule has 2 rings (SSSR count). The number of ether oxygens (including phenoxy) is 3. The van der Waals surface area contributed by atoms with Crippen LogP contribution in [0.15, 0.2) is 41.3 Å². The van der Waals surface area contributed by atoms with Crippen molar-refractivity contribution in [3.05, 3.63) is 42.0 Å². The average molecular weight is 394 g/mol. The summed E-state index contributed by atoms with van der Waals surface area (Å²) < 4.78 is 42.5. The second kappa shape index (κ2) is 8.74. The van der Waals surface area contributed by atoms with E-state index in [0.717, 1.165) is 0 Å². The first-order valence-electron chi connectivity index (χ1n) is 7.97. The summed E-state index contributed by atoms with van der Waals surface area (Å²) in [6.07, 6.45) is 0. The minimum atomic E-state index is -3.85. The van der Waals surface area contributed by atoms with Gasteiger partial charge >= 0.3 is 0 Å². The molecule has 0 atom stereocenters. The van der Waals surface area contributed by atoms with Crippen molar-refractivity contribution >= 4 is 21.6 Å². The predicted molar refractivity (Wildman–Crippen MR) is 101 cm³/mol. The number of benzene rings is 2. The lowest BCUT2D eigenvalue weighted by Gasteiger charge is -2.13. The highest BCUT2D eigenvalue weighted by atomic mass is 32.2. The van der Waals surface area contributed by atoms with E-state index >= 15 is 0 Å². The first-order chi connectivity index (χ1) is 12.8. The van der Waals surface area contributed by atoms with Crippen LogP contribution in [0, 0.1) is 6.92 Å². The molecule has 0 aliphatic carbocycles. The molecule has 0 spiro atoms. The fraction of sp³-hybridized carbons (Fsp3) is 0.278. The molecular formula is C18H22N2O6S. The molecule has 1 amide bonds. The number of carbonyl (C=O) groups excluding carboxylic acids is 1. The maximum Gasteiger partial charge on any atom is 0.241 e. The number of hydrogen-bond acceptors (Lipinski definition) is 6. The van der Waals surface area contributed by atoms with Crippen molar-refractivity contribution < 1.29 is 27.4 Å². The van der Waals surface area contributed by atoms with Gasteiger partial charge in [0.25, 0.3) is 0 Å². The molecule has 0 aliphatic heterocycles. The van der Waals surface area contributed by atoms with Gasteiger partial charge in [0, 0.05) is 6.07 Å². The third-order valence-corrected chi connectivity index (χ3v) is 5.34. The summed E-state index contributed by atoms with van der Waals surface area (Å²) in [7, 11) is 0.626. The largest absolute Gasteiger partial charge is 0.497 e. The molecule has 9 heteroatoms. The maximum absolute atomic E-state index is 12.4. The van der Waals surface area contributed by atoms with Crippen molar-refractivity contribution in [3.63, 3.8) is 0 Å². The Kier molecular flexibility index (Phi) is 6.65. The van der Waals surface area contributed by atoms with Crippen LogP contribution in [-0.4, -0.2) is 42.2 Å². The van der Waals surface area contributed by atoms with Crippen LogP contribution < -0.4 is 24.2 Å². The van der Waals surface area contributed by atoms with Crippen LogP contribution in [0.25, 0.3) is 0 Å². The van der Waals surface area contributed by atoms with Crippen LogP contribution in [0.2, 0.25) is 0 Å². The van der Waals surface area contributed by atoms with Crippen LogP contribution in [0.4, 0.5) is 5.69 Å². The lowest BCUT2D eigenvalue weighted by molar-refractivity contribution is -0.115. The SMILES string of the molecule is COc1ccc(S(=O)(=O)NCC(=O)Nc2ccc(OC)cc2OC)c(C)c1. The zero-order valence-electron chi connectivity index (χ0n) is 15.5. The summed E-state index contributed by atoms with van der Waals surface area (Å²) in [6.45, 7) is 1.22. The van der Waals surface area contributed by atoms with Crippen molar-refractivity contribution in [1.29, 1.82) is 0 Å². The van der Waals surface area contributed by atoms with Crippen LogP contribution in [-0.2, 0) is 14.8 Å². The Hall–Kier alpha value is -2.78. The van der Waals surface area contributed by atoms with Gasteiger partial charge in [-0.15, -0.1) is 0 Å². The van der Waals surface area contributed by atoms with E-state index in [4.69, 9.17) is 14.2 Å². The fourth-order valence-corrected chi connectivity index (χ4v) is 3.59. The molecule has 2 N–H and O–H groups in total. The first kappa shape index (κ1) is 20.5. The molecule has 0 bridgehead atoms. The van der Waals surface area contributed by atoms with E-state index in [2.05, 4.69) is 10.0 Å². The molecule has 8 nitrogen and oxygen atoms in total. The van der Waals surface area contributed by atoms with Gasteiger partial charge in [-0.2, -0.15) is 0 Å². The Balaban J connectivity index is 2.07. The van der Waals surface area contributed by atoms with E-state index in [1.165, 1.54) is 27.4 Å². The van der Waals surface area contributed by atoms with E-state index in [-0.39, 0.29) is 4.90 Å². The number of hydrogen-bond donors (Lipinski definition) is 2. The third-order valence-electron chi connectivity index (χ3n) is 3.78. The molecule has 2 aromatic rings. The summed E-state index contributed by atoms with van der Waals surface area (Å²) in [5.74, 6) is 0.987. The highest BCUT2D eigenvalue weighted by Gasteiger charge is 2.19. The Labute approximate surface area is 158 Å². The molecule has 0 radical (unpaired) electrons. The fourth-order valence-electron chi connectivity index (χ4n) is 2.38. The Morgan fingerprint density at radius 3 is 2.19 bits per heavy atom. The number of carbonyl (C=O) groups is 1. The van der Waals surface area contributed by atoms with Gasteiger partial charge in [0.2, 0.25) is 15.9 Å². The van der Waals surface area contributed by atoms with Crippen molar-refractivity contribution in [1.82, 2.24) is 4.72 Å². The molecule has 0 saturated carbocycles. The van der Waals surface area contributed by atoms with Crippen LogP contribution in [0.5, 0.6) is 17.2 Å². The molecule has 27 heavy (non-hydrogen) atoms. The second-order valence-corrected chi connectivity index (χ2v) is 7.31. The number of methoxy groups -OCH3 is 3. The summed E-state index contributed by atoms with van der Waals surface area (Å²) in [4.78, 5) is 12.2. The number of anilines is 1. The van der Waals surface area contributed by atoms with Crippen LogP contribution in [0.1, 0.15) is 5.56 Å². The summed E-state index contributed by atoms with van der Waals surface area (Å²) in [5.41, 5.74) is 0.919. The highest BCUT2D eigenvalue weighted by molar-refractivity contribution is 7.89.